The van der Waals surface area contributed by atoms with E-state index in [0.717, 1.165) is 68.6 Å². The number of carbonyl (C=O) groups is 2. The summed E-state index contributed by atoms with van der Waals surface area (Å²) in [5.41, 5.74) is 1.00. The molecule has 9 nitrogen and oxygen atoms in total. The number of fused-ring (bicyclic) bond motifs is 1. The van der Waals surface area contributed by atoms with Gasteiger partial charge in [0, 0.05) is 51.2 Å². The minimum Gasteiger partial charge on any atom is -0.444 e. The van der Waals surface area contributed by atoms with Gasteiger partial charge in [-0.2, -0.15) is 0 Å². The summed E-state index contributed by atoms with van der Waals surface area (Å²) in [5, 5.41) is 16.2. The number of para-hydroxylation sites is 1. The van der Waals surface area contributed by atoms with Crippen LogP contribution in [0.1, 0.15) is 56.8 Å². The van der Waals surface area contributed by atoms with Crippen molar-refractivity contribution in [2.45, 2.75) is 52.1 Å². The first-order valence-corrected chi connectivity index (χ1v) is 13.9. The molecule has 0 atom stereocenters. The number of aromatic nitrogens is 1. The number of hydrogen-bond donors (Lipinski definition) is 3. The Morgan fingerprint density at radius 2 is 1.63 bits per heavy atom. The summed E-state index contributed by atoms with van der Waals surface area (Å²) in [6.07, 6.45) is 3.76. The number of anilines is 1. The highest BCUT2D eigenvalue weighted by molar-refractivity contribution is 6.07. The van der Waals surface area contributed by atoms with Gasteiger partial charge in [0.15, 0.2) is 0 Å². The normalized spacial score (nSPS) is 20.8. The van der Waals surface area contributed by atoms with Crippen LogP contribution in [-0.2, 0) is 4.74 Å². The second-order valence-electron chi connectivity index (χ2n) is 11.6. The van der Waals surface area contributed by atoms with Gasteiger partial charge >= 0.3 is 6.09 Å². The lowest BCUT2D eigenvalue weighted by Gasteiger charge is -2.35. The summed E-state index contributed by atoms with van der Waals surface area (Å²) >= 11 is 0. The Balaban J connectivity index is 1.31. The van der Waals surface area contributed by atoms with Crippen LogP contribution in [0.25, 0.3) is 10.9 Å². The van der Waals surface area contributed by atoms with E-state index in [4.69, 9.17) is 9.72 Å². The number of rotatable bonds is 8. The Hall–Kier alpha value is -2.91. The number of amides is 2. The lowest BCUT2D eigenvalue weighted by molar-refractivity contribution is 0.0512. The molecule has 2 aromatic rings. The molecule has 1 aromatic heterocycles. The third-order valence-electron chi connectivity index (χ3n) is 7.51. The fourth-order valence-corrected chi connectivity index (χ4v) is 5.37. The molecule has 0 bridgehead atoms. The molecule has 1 aromatic carbocycles. The van der Waals surface area contributed by atoms with Crippen LogP contribution in [0.3, 0.4) is 0 Å². The topological polar surface area (TPSA) is 107 Å². The average molecular weight is 526 g/mol. The quantitative estimate of drug-likeness (QED) is 0.485. The first kappa shape index (κ1) is 28.1. The van der Waals surface area contributed by atoms with Crippen molar-refractivity contribution in [1.29, 1.82) is 0 Å². The summed E-state index contributed by atoms with van der Waals surface area (Å²) in [5.74, 6) is 1.65. The van der Waals surface area contributed by atoms with Crippen LogP contribution < -0.4 is 15.5 Å². The van der Waals surface area contributed by atoms with Gasteiger partial charge in [0.2, 0.25) is 0 Å². The zero-order valence-electron chi connectivity index (χ0n) is 23.0. The van der Waals surface area contributed by atoms with Gasteiger partial charge in [0.05, 0.1) is 17.7 Å². The lowest BCUT2D eigenvalue weighted by Crippen LogP contribution is -2.47. The van der Waals surface area contributed by atoms with Crippen LogP contribution in [0.5, 0.6) is 0 Å². The molecular weight excluding hydrogens is 482 g/mol. The molecule has 3 N–H and O–H groups in total. The Bertz CT molecular complexity index is 1090. The molecule has 2 aliphatic rings. The number of aliphatic hydroxyl groups excluding tert-OH is 1. The van der Waals surface area contributed by atoms with E-state index in [0.29, 0.717) is 37.0 Å². The number of hydrogen-bond acceptors (Lipinski definition) is 7. The first-order chi connectivity index (χ1) is 18.2. The van der Waals surface area contributed by atoms with Crippen molar-refractivity contribution in [3.8, 4) is 0 Å². The zero-order chi connectivity index (χ0) is 27.1. The standard InChI is InChI=1S/C29H43N5O4/c1-29(2,3)38-28(37)31-20-22-10-8-21(9-11-22)19-30-27(36)24-18-26(32-25-7-5-4-6-23(24)25)34-14-12-33(13-15-34)16-17-35/h4-7,18,21-22,35H,8-17,19-20H2,1-3H3,(H,30,36)(H,31,37). The Morgan fingerprint density at radius 1 is 1.00 bits per heavy atom. The molecule has 9 heteroatoms. The van der Waals surface area contributed by atoms with Crippen LogP contribution in [0.4, 0.5) is 10.6 Å². The summed E-state index contributed by atoms with van der Waals surface area (Å²) in [7, 11) is 0. The van der Waals surface area contributed by atoms with E-state index in [1.807, 2.05) is 51.1 Å². The van der Waals surface area contributed by atoms with Crippen LogP contribution in [0.2, 0.25) is 0 Å². The van der Waals surface area contributed by atoms with Crippen LogP contribution in [0.15, 0.2) is 30.3 Å². The molecule has 2 amide bonds. The first-order valence-electron chi connectivity index (χ1n) is 13.9. The minimum absolute atomic E-state index is 0.0579. The number of alkyl carbamates (subject to hydrolysis) is 1. The number of β-amino-alcohol motifs (C(OH)–C–C–N with tert-alkyl or cyclic N) is 1. The summed E-state index contributed by atoms with van der Waals surface area (Å²) in [4.78, 5) is 34.6. The number of nitrogens with zero attached hydrogens (tertiary/aromatic N) is 3. The Morgan fingerprint density at radius 3 is 2.26 bits per heavy atom. The van der Waals surface area contributed by atoms with E-state index >= 15 is 0 Å². The van der Waals surface area contributed by atoms with Gasteiger partial charge in [-0.1, -0.05) is 18.2 Å². The third kappa shape index (κ3) is 7.80. The number of carbonyl (C=O) groups excluding carboxylic acids is 2. The largest absolute Gasteiger partial charge is 0.444 e. The van der Waals surface area contributed by atoms with E-state index < -0.39 is 5.60 Å². The second-order valence-corrected chi connectivity index (χ2v) is 11.6. The van der Waals surface area contributed by atoms with Crippen LogP contribution in [0, 0.1) is 11.8 Å². The van der Waals surface area contributed by atoms with Gasteiger partial charge in [-0.3, -0.25) is 9.69 Å². The number of ether oxygens (including phenoxy) is 1. The maximum Gasteiger partial charge on any atom is 0.407 e. The van der Waals surface area contributed by atoms with Crippen molar-refractivity contribution in [3.05, 3.63) is 35.9 Å². The fourth-order valence-electron chi connectivity index (χ4n) is 5.37. The van der Waals surface area contributed by atoms with Gasteiger partial charge < -0.3 is 25.4 Å². The van der Waals surface area contributed by atoms with Crippen molar-refractivity contribution < 1.29 is 19.4 Å². The van der Waals surface area contributed by atoms with E-state index in [1.54, 1.807) is 0 Å². The maximum atomic E-state index is 13.4. The Labute approximate surface area is 225 Å². The van der Waals surface area contributed by atoms with Gasteiger partial charge in [-0.15, -0.1) is 0 Å². The van der Waals surface area contributed by atoms with Crippen molar-refractivity contribution in [2.75, 3.05) is 57.3 Å². The van der Waals surface area contributed by atoms with Crippen LogP contribution >= 0.6 is 0 Å². The molecule has 1 saturated heterocycles. The molecule has 0 spiro atoms. The second kappa shape index (κ2) is 12.8. The monoisotopic (exact) mass is 525 g/mol. The van der Waals surface area contributed by atoms with Crippen molar-refractivity contribution in [3.63, 3.8) is 0 Å². The molecule has 4 rings (SSSR count). The predicted octanol–water partition coefficient (Wildman–Crippen LogP) is 3.41. The summed E-state index contributed by atoms with van der Waals surface area (Å²) in [6, 6.07) is 9.75. The number of piperazine rings is 1. The smallest absolute Gasteiger partial charge is 0.407 e. The number of nitrogens with one attached hydrogen (secondary N) is 2. The molecule has 38 heavy (non-hydrogen) atoms. The van der Waals surface area contributed by atoms with Crippen molar-refractivity contribution >= 4 is 28.7 Å². The summed E-state index contributed by atoms with van der Waals surface area (Å²) < 4.78 is 5.33. The minimum atomic E-state index is -0.490. The molecule has 1 saturated carbocycles. The highest BCUT2D eigenvalue weighted by Crippen LogP contribution is 2.29. The average Bonchev–Trinajstić information content (AvgIpc) is 2.90. The van der Waals surface area contributed by atoms with Gasteiger partial charge in [0.25, 0.3) is 5.91 Å². The molecule has 1 aliphatic heterocycles. The number of benzene rings is 1. The van der Waals surface area contributed by atoms with E-state index in [2.05, 4.69) is 20.4 Å². The van der Waals surface area contributed by atoms with Gasteiger partial charge in [0.1, 0.15) is 11.4 Å². The fraction of sp³-hybridized carbons (Fsp3) is 0.621. The predicted molar refractivity (Wildman–Crippen MR) is 149 cm³/mol. The van der Waals surface area contributed by atoms with Crippen molar-refractivity contribution in [1.82, 2.24) is 20.5 Å². The van der Waals surface area contributed by atoms with Crippen LogP contribution in [-0.4, -0.2) is 85.0 Å². The third-order valence-corrected chi connectivity index (χ3v) is 7.51. The molecule has 2 fully saturated rings. The molecule has 2 heterocycles. The molecule has 1 aliphatic carbocycles. The molecule has 208 valence electrons. The molecular formula is C29H43N5O4. The van der Waals surface area contributed by atoms with E-state index in [1.165, 1.54) is 0 Å². The molecule has 0 radical (unpaired) electrons. The number of pyridine rings is 1. The van der Waals surface area contributed by atoms with Crippen molar-refractivity contribution in [2.24, 2.45) is 11.8 Å². The summed E-state index contributed by atoms with van der Waals surface area (Å²) in [6.45, 7) is 11.1. The van der Waals surface area contributed by atoms with E-state index in [9.17, 15) is 14.7 Å². The maximum absolute atomic E-state index is 13.4. The highest BCUT2D eigenvalue weighted by atomic mass is 16.6. The molecule has 0 unspecified atom stereocenters. The SMILES string of the molecule is CC(C)(C)OC(=O)NCC1CCC(CNC(=O)c2cc(N3CCN(CCO)CC3)nc3ccccc23)CC1. The lowest BCUT2D eigenvalue weighted by atomic mass is 9.82. The van der Waals surface area contributed by atoms with Gasteiger partial charge in [-0.05, 0) is 70.4 Å². The highest BCUT2D eigenvalue weighted by Gasteiger charge is 2.25. The number of aliphatic hydroxyl groups is 1. The van der Waals surface area contributed by atoms with E-state index in [-0.39, 0.29) is 18.6 Å². The van der Waals surface area contributed by atoms with Gasteiger partial charge in [-0.25, -0.2) is 9.78 Å². The zero-order valence-corrected chi connectivity index (χ0v) is 23.0. The Kier molecular flexibility index (Phi) is 9.44.